The molecular weight excluding hydrogens is 288 g/mol. The van der Waals surface area contributed by atoms with Crippen LogP contribution in [0.25, 0.3) is 0 Å². The number of piperidine rings is 1. The first kappa shape index (κ1) is 18.0. The molecule has 1 atom stereocenters. The van der Waals surface area contributed by atoms with Crippen LogP contribution in [0.1, 0.15) is 45.6 Å². The number of amides is 1. The van der Waals surface area contributed by atoms with Crippen LogP contribution in [0.5, 0.6) is 0 Å². The highest BCUT2D eigenvalue weighted by molar-refractivity contribution is 5.85. The molecule has 1 fully saturated rings. The van der Waals surface area contributed by atoms with Gasteiger partial charge in [-0.3, -0.25) is 4.79 Å². The fourth-order valence-corrected chi connectivity index (χ4v) is 3.53. The van der Waals surface area contributed by atoms with E-state index in [1.165, 1.54) is 5.56 Å². The highest BCUT2D eigenvalue weighted by atomic mass is 16.5. The first-order valence-electron chi connectivity index (χ1n) is 8.52. The molecule has 1 unspecified atom stereocenters. The molecule has 2 rings (SSSR count). The lowest BCUT2D eigenvalue weighted by Gasteiger charge is -2.37. The van der Waals surface area contributed by atoms with Crippen LogP contribution in [0.3, 0.4) is 0 Å². The van der Waals surface area contributed by atoms with Gasteiger partial charge in [-0.15, -0.1) is 0 Å². The standard InChI is InChI=1S/C19H30N2O2/c1-15(14-18(2,3)16-8-6-5-7-9-16)21-17(22)19(23-4)10-12-20-13-11-19/h5-9,15,20H,10-14H2,1-4H3,(H,21,22). The van der Waals surface area contributed by atoms with E-state index in [0.29, 0.717) is 0 Å². The van der Waals surface area contributed by atoms with E-state index in [-0.39, 0.29) is 17.4 Å². The van der Waals surface area contributed by atoms with Gasteiger partial charge in [0, 0.05) is 13.2 Å². The molecular formula is C19H30N2O2. The summed E-state index contributed by atoms with van der Waals surface area (Å²) in [6, 6.07) is 10.6. The third-order valence-corrected chi connectivity index (χ3v) is 4.97. The van der Waals surface area contributed by atoms with Crippen molar-refractivity contribution in [2.75, 3.05) is 20.2 Å². The average molecular weight is 318 g/mol. The lowest BCUT2D eigenvalue weighted by atomic mass is 9.79. The van der Waals surface area contributed by atoms with Crippen molar-refractivity contribution in [3.63, 3.8) is 0 Å². The molecule has 1 heterocycles. The molecule has 0 aliphatic carbocycles. The SMILES string of the molecule is COC1(C(=O)NC(C)CC(C)(C)c2ccccc2)CCNCC1. The summed E-state index contributed by atoms with van der Waals surface area (Å²) in [6.07, 6.45) is 2.34. The number of benzene rings is 1. The van der Waals surface area contributed by atoms with E-state index in [9.17, 15) is 4.79 Å². The van der Waals surface area contributed by atoms with Crippen LogP contribution in [0.4, 0.5) is 0 Å². The van der Waals surface area contributed by atoms with Gasteiger partial charge in [-0.05, 0) is 50.3 Å². The Hall–Kier alpha value is -1.39. The van der Waals surface area contributed by atoms with Gasteiger partial charge in [0.05, 0.1) is 0 Å². The maximum Gasteiger partial charge on any atom is 0.252 e. The number of carbonyl (C=O) groups is 1. The normalized spacial score (nSPS) is 19.1. The Morgan fingerprint density at radius 2 is 1.91 bits per heavy atom. The number of nitrogens with one attached hydrogen (secondary N) is 2. The Morgan fingerprint density at radius 1 is 1.30 bits per heavy atom. The maximum atomic E-state index is 12.7. The summed E-state index contributed by atoms with van der Waals surface area (Å²) in [4.78, 5) is 12.7. The Labute approximate surface area is 140 Å². The Morgan fingerprint density at radius 3 is 2.48 bits per heavy atom. The van der Waals surface area contributed by atoms with Crippen molar-refractivity contribution in [2.24, 2.45) is 0 Å². The molecule has 4 nitrogen and oxygen atoms in total. The van der Waals surface area contributed by atoms with E-state index >= 15 is 0 Å². The van der Waals surface area contributed by atoms with Gasteiger partial charge in [0.1, 0.15) is 5.60 Å². The summed E-state index contributed by atoms with van der Waals surface area (Å²) in [6.45, 7) is 8.17. The van der Waals surface area contributed by atoms with E-state index < -0.39 is 5.60 Å². The Balaban J connectivity index is 1.98. The first-order chi connectivity index (χ1) is 10.9. The second-order valence-electron chi connectivity index (χ2n) is 7.28. The van der Waals surface area contributed by atoms with Crippen LogP contribution in [0.15, 0.2) is 30.3 Å². The van der Waals surface area contributed by atoms with E-state index in [1.807, 2.05) is 6.07 Å². The lowest BCUT2D eigenvalue weighted by Crippen LogP contribution is -2.56. The molecule has 1 amide bonds. The summed E-state index contributed by atoms with van der Waals surface area (Å²) in [5.41, 5.74) is 0.642. The van der Waals surface area contributed by atoms with Gasteiger partial charge in [-0.1, -0.05) is 44.2 Å². The second kappa shape index (κ2) is 7.45. The Bertz CT molecular complexity index is 507. The summed E-state index contributed by atoms with van der Waals surface area (Å²) in [5, 5.41) is 6.46. The van der Waals surface area contributed by atoms with Crippen LogP contribution in [0, 0.1) is 0 Å². The van der Waals surface area contributed by atoms with Crippen molar-refractivity contribution in [2.45, 2.75) is 57.1 Å². The molecule has 0 bridgehead atoms. The van der Waals surface area contributed by atoms with Gasteiger partial charge in [0.25, 0.3) is 5.91 Å². The minimum Gasteiger partial charge on any atom is -0.368 e. The van der Waals surface area contributed by atoms with Crippen molar-refractivity contribution >= 4 is 5.91 Å². The molecule has 4 heteroatoms. The second-order valence-corrected chi connectivity index (χ2v) is 7.28. The largest absolute Gasteiger partial charge is 0.368 e. The molecule has 128 valence electrons. The van der Waals surface area contributed by atoms with Gasteiger partial charge >= 0.3 is 0 Å². The predicted molar refractivity (Wildman–Crippen MR) is 93.5 cm³/mol. The number of hydrogen-bond acceptors (Lipinski definition) is 3. The van der Waals surface area contributed by atoms with Gasteiger partial charge < -0.3 is 15.4 Å². The monoisotopic (exact) mass is 318 g/mol. The fourth-order valence-electron chi connectivity index (χ4n) is 3.53. The quantitative estimate of drug-likeness (QED) is 0.848. The van der Waals surface area contributed by atoms with Crippen LogP contribution >= 0.6 is 0 Å². The molecule has 0 saturated carbocycles. The zero-order valence-corrected chi connectivity index (χ0v) is 14.8. The van der Waals surface area contributed by atoms with Crippen LogP contribution < -0.4 is 10.6 Å². The Kier molecular flexibility index (Phi) is 5.82. The molecule has 23 heavy (non-hydrogen) atoms. The zero-order chi connectivity index (χ0) is 16.9. The van der Waals surface area contributed by atoms with Crippen molar-refractivity contribution in [1.82, 2.24) is 10.6 Å². The van der Waals surface area contributed by atoms with Crippen molar-refractivity contribution < 1.29 is 9.53 Å². The first-order valence-corrected chi connectivity index (χ1v) is 8.52. The lowest BCUT2D eigenvalue weighted by molar-refractivity contribution is -0.147. The number of rotatable bonds is 6. The van der Waals surface area contributed by atoms with E-state index in [2.05, 4.69) is 55.7 Å². The van der Waals surface area contributed by atoms with Gasteiger partial charge in [-0.25, -0.2) is 0 Å². The number of hydrogen-bond donors (Lipinski definition) is 2. The van der Waals surface area contributed by atoms with Gasteiger partial charge in [0.2, 0.25) is 0 Å². The number of methoxy groups -OCH3 is 1. The van der Waals surface area contributed by atoms with Crippen molar-refractivity contribution in [3.8, 4) is 0 Å². The highest BCUT2D eigenvalue weighted by Crippen LogP contribution is 2.29. The zero-order valence-electron chi connectivity index (χ0n) is 14.8. The summed E-state index contributed by atoms with van der Waals surface area (Å²) < 4.78 is 5.60. The van der Waals surface area contributed by atoms with Crippen molar-refractivity contribution in [3.05, 3.63) is 35.9 Å². The minimum atomic E-state index is -0.670. The smallest absolute Gasteiger partial charge is 0.252 e. The predicted octanol–water partition coefficient (Wildman–Crippen LogP) is 2.63. The van der Waals surface area contributed by atoms with Gasteiger partial charge in [-0.2, -0.15) is 0 Å². The number of carbonyl (C=O) groups excluding carboxylic acids is 1. The molecule has 1 aliphatic heterocycles. The molecule has 1 saturated heterocycles. The molecule has 1 aromatic rings. The van der Waals surface area contributed by atoms with E-state index in [1.54, 1.807) is 7.11 Å². The molecule has 0 spiro atoms. The van der Waals surface area contributed by atoms with Crippen molar-refractivity contribution in [1.29, 1.82) is 0 Å². The molecule has 1 aromatic carbocycles. The highest BCUT2D eigenvalue weighted by Gasteiger charge is 2.40. The fraction of sp³-hybridized carbons (Fsp3) is 0.632. The van der Waals surface area contributed by atoms with E-state index in [0.717, 1.165) is 32.4 Å². The maximum absolute atomic E-state index is 12.7. The summed E-state index contributed by atoms with van der Waals surface area (Å²) in [5.74, 6) is 0.0258. The summed E-state index contributed by atoms with van der Waals surface area (Å²) in [7, 11) is 1.64. The minimum absolute atomic E-state index is 0.0162. The van der Waals surface area contributed by atoms with Gasteiger partial charge in [0.15, 0.2) is 0 Å². The average Bonchev–Trinajstić information content (AvgIpc) is 2.55. The molecule has 2 N–H and O–H groups in total. The van der Waals surface area contributed by atoms with Crippen LogP contribution in [-0.2, 0) is 14.9 Å². The summed E-state index contributed by atoms with van der Waals surface area (Å²) >= 11 is 0. The molecule has 1 aliphatic rings. The molecule has 0 radical (unpaired) electrons. The third-order valence-electron chi connectivity index (χ3n) is 4.97. The molecule has 0 aromatic heterocycles. The third kappa shape index (κ3) is 4.33. The van der Waals surface area contributed by atoms with Crippen LogP contribution in [-0.4, -0.2) is 37.7 Å². The number of ether oxygens (including phenoxy) is 1. The topological polar surface area (TPSA) is 50.4 Å². The van der Waals surface area contributed by atoms with Crippen LogP contribution in [0.2, 0.25) is 0 Å². The van der Waals surface area contributed by atoms with E-state index in [4.69, 9.17) is 4.74 Å².